The number of methoxy groups -OCH3 is 1. The Morgan fingerprint density at radius 1 is 0.881 bits per heavy atom. The van der Waals surface area contributed by atoms with E-state index in [1.54, 1.807) is 55.8 Å². The van der Waals surface area contributed by atoms with Crippen LogP contribution in [0.3, 0.4) is 0 Å². The van der Waals surface area contributed by atoms with Crippen molar-refractivity contribution in [3.63, 3.8) is 0 Å². The molecule has 12 nitrogen and oxygen atoms in total. The maximum Gasteiger partial charge on any atom is 0.387 e. The Morgan fingerprint density at radius 3 is 2.24 bits per heavy atom. The van der Waals surface area contributed by atoms with Gasteiger partial charge in [0, 0.05) is 70.1 Å². The van der Waals surface area contributed by atoms with Crippen molar-refractivity contribution in [3.05, 3.63) is 117 Å². The summed E-state index contributed by atoms with van der Waals surface area (Å²) < 4.78 is 57.0. The lowest BCUT2D eigenvalue weighted by Gasteiger charge is -2.52. The number of hydrogen-bond acceptors (Lipinski definition) is 15. The Labute approximate surface area is 354 Å². The van der Waals surface area contributed by atoms with E-state index < -0.39 is 12.3 Å². The fourth-order valence-corrected chi connectivity index (χ4v) is 8.84. The van der Waals surface area contributed by atoms with E-state index in [1.165, 1.54) is 35.1 Å². The molecule has 0 amide bonds. The van der Waals surface area contributed by atoms with Gasteiger partial charge in [-0.15, -0.1) is 34.4 Å². The molecule has 1 fully saturated rings. The minimum absolute atomic E-state index is 0.0905. The molecule has 7 rings (SSSR count). The SMILES string of the molecule is CCOc1cc(N(NCc2cncs2)C(c2ccc(OC)c(SC)c2)(c2cnc(C)s2)N(Cc2cncnc2)c2ccc(OC3CC3)c(OCC)c2)ccc1OC(F)F. The summed E-state index contributed by atoms with van der Waals surface area (Å²) in [4.78, 5) is 22.9. The van der Waals surface area contributed by atoms with E-state index >= 15 is 0 Å². The van der Waals surface area contributed by atoms with E-state index in [0.29, 0.717) is 36.1 Å². The van der Waals surface area contributed by atoms with Crippen LogP contribution in [0.15, 0.2) is 96.1 Å². The van der Waals surface area contributed by atoms with Crippen LogP contribution in [0, 0.1) is 6.92 Å². The van der Waals surface area contributed by atoms with E-state index in [0.717, 1.165) is 49.3 Å². The van der Waals surface area contributed by atoms with E-state index in [1.807, 2.05) is 67.8 Å². The molecule has 1 aliphatic carbocycles. The van der Waals surface area contributed by atoms with Crippen LogP contribution in [-0.2, 0) is 18.8 Å². The number of nitrogens with zero attached hydrogens (tertiary/aromatic N) is 6. The minimum atomic E-state index is -3.06. The van der Waals surface area contributed by atoms with Crippen LogP contribution in [0.25, 0.3) is 0 Å². The lowest BCUT2D eigenvalue weighted by molar-refractivity contribution is -0.0514. The van der Waals surface area contributed by atoms with Gasteiger partial charge in [0.2, 0.25) is 0 Å². The van der Waals surface area contributed by atoms with E-state index in [-0.39, 0.29) is 30.8 Å². The summed E-state index contributed by atoms with van der Waals surface area (Å²) in [5.74, 6) is 2.01. The molecule has 3 aromatic heterocycles. The predicted octanol–water partition coefficient (Wildman–Crippen LogP) is 9.49. The van der Waals surface area contributed by atoms with Crippen LogP contribution in [0.4, 0.5) is 20.2 Å². The molecule has 1 atom stereocenters. The van der Waals surface area contributed by atoms with E-state index in [9.17, 15) is 8.78 Å². The van der Waals surface area contributed by atoms with Crippen LogP contribution in [0.5, 0.6) is 28.7 Å². The summed E-state index contributed by atoms with van der Waals surface area (Å²) in [7, 11) is 1.65. The van der Waals surface area contributed by atoms with Crippen molar-refractivity contribution in [2.24, 2.45) is 0 Å². The molecule has 3 heterocycles. The number of alkyl halides is 2. The van der Waals surface area contributed by atoms with Crippen molar-refractivity contribution >= 4 is 45.8 Å². The highest BCUT2D eigenvalue weighted by Gasteiger charge is 2.49. The molecule has 1 saturated carbocycles. The largest absolute Gasteiger partial charge is 0.496 e. The first-order valence-electron chi connectivity index (χ1n) is 19.0. The number of benzene rings is 3. The Morgan fingerprint density at radius 2 is 1.59 bits per heavy atom. The molecule has 310 valence electrons. The Bertz CT molecular complexity index is 2280. The van der Waals surface area contributed by atoms with Crippen molar-refractivity contribution in [1.29, 1.82) is 0 Å². The van der Waals surface area contributed by atoms with E-state index in [4.69, 9.17) is 28.7 Å². The highest BCUT2D eigenvalue weighted by molar-refractivity contribution is 7.98. The van der Waals surface area contributed by atoms with Crippen LogP contribution < -0.4 is 39.0 Å². The average molecular weight is 862 g/mol. The van der Waals surface area contributed by atoms with Gasteiger partial charge in [0.15, 0.2) is 28.7 Å². The van der Waals surface area contributed by atoms with Gasteiger partial charge in [-0.3, -0.25) is 9.99 Å². The van der Waals surface area contributed by atoms with Gasteiger partial charge < -0.3 is 28.6 Å². The summed E-state index contributed by atoms with van der Waals surface area (Å²) in [6.07, 6.45) is 12.9. The molecule has 3 aromatic carbocycles. The number of ether oxygens (including phenoxy) is 5. The summed E-state index contributed by atoms with van der Waals surface area (Å²) >= 11 is 4.59. The molecular weight excluding hydrogens is 817 g/mol. The monoisotopic (exact) mass is 861 g/mol. The molecule has 6 aromatic rings. The van der Waals surface area contributed by atoms with Gasteiger partial charge in [-0.1, -0.05) is 6.07 Å². The number of hydrogen-bond donors (Lipinski definition) is 1. The summed E-state index contributed by atoms with van der Waals surface area (Å²) in [5.41, 5.74) is 7.19. The maximum absolute atomic E-state index is 13.8. The van der Waals surface area contributed by atoms with Gasteiger partial charge in [0.25, 0.3) is 0 Å². The molecule has 0 saturated heterocycles. The van der Waals surface area contributed by atoms with Gasteiger partial charge >= 0.3 is 6.61 Å². The normalized spacial score (nSPS) is 13.5. The highest BCUT2D eigenvalue weighted by atomic mass is 32.2. The zero-order valence-corrected chi connectivity index (χ0v) is 35.7. The Balaban J connectivity index is 1.59. The molecule has 17 heteroatoms. The number of aromatic nitrogens is 4. The maximum atomic E-state index is 13.8. The lowest BCUT2D eigenvalue weighted by atomic mass is 9.92. The van der Waals surface area contributed by atoms with Gasteiger partial charge in [0.05, 0.1) is 54.1 Å². The third kappa shape index (κ3) is 9.48. The third-order valence-corrected chi connectivity index (χ3v) is 11.9. The van der Waals surface area contributed by atoms with E-state index in [2.05, 4.69) is 31.3 Å². The van der Waals surface area contributed by atoms with Crippen LogP contribution in [-0.4, -0.2) is 59.2 Å². The van der Waals surface area contributed by atoms with Gasteiger partial charge in [-0.25, -0.2) is 20.4 Å². The first kappa shape index (κ1) is 41.9. The van der Waals surface area contributed by atoms with Gasteiger partial charge in [0.1, 0.15) is 12.1 Å². The molecular formula is C42H45F2N7O5S3. The quantitative estimate of drug-likeness (QED) is 0.0421. The highest BCUT2D eigenvalue weighted by Crippen LogP contribution is 2.50. The first-order chi connectivity index (χ1) is 28.8. The number of thiazole rings is 2. The predicted molar refractivity (Wildman–Crippen MR) is 228 cm³/mol. The van der Waals surface area contributed by atoms with Crippen molar-refractivity contribution in [1.82, 2.24) is 25.4 Å². The second kappa shape index (κ2) is 19.2. The number of halogens is 2. The van der Waals surface area contributed by atoms with Crippen molar-refractivity contribution in [3.8, 4) is 28.7 Å². The van der Waals surface area contributed by atoms with Gasteiger partial charge in [-0.2, -0.15) is 8.78 Å². The standard InChI is InChI=1S/C42H45F2N7O5S3/c1-6-53-37-17-30(9-14-34(37)55-32-11-12-32)50(24-28-19-45-25-46-20-28)42(40-23-48-27(3)59-40,29-8-13-36(52-4)39(16-29)57-5)51(49-22-33-21-47-26-58-33)31-10-15-35(56-41(43)44)38(18-31)54-7-2/h8-10,13-21,23,25-26,32,41,49H,6-7,11-12,22,24H2,1-5H3. The molecule has 1 unspecified atom stereocenters. The molecule has 1 N–H and O–H groups in total. The van der Waals surface area contributed by atoms with Crippen LogP contribution in [0.2, 0.25) is 0 Å². The fraction of sp³-hybridized carbons (Fsp3) is 0.333. The zero-order chi connectivity index (χ0) is 41.4. The first-order valence-corrected chi connectivity index (χ1v) is 21.9. The smallest absolute Gasteiger partial charge is 0.387 e. The summed E-state index contributed by atoms with van der Waals surface area (Å²) in [6.45, 7) is 3.89. The number of hydrazine groups is 1. The second-order valence-corrected chi connectivity index (χ2v) is 16.3. The van der Waals surface area contributed by atoms with Crippen molar-refractivity contribution < 1.29 is 32.5 Å². The molecule has 0 radical (unpaired) electrons. The average Bonchev–Trinajstić information content (AvgIpc) is 3.69. The number of rotatable bonds is 21. The molecule has 0 aliphatic heterocycles. The second-order valence-electron chi connectivity index (χ2n) is 13.3. The Hall–Kier alpha value is -5.23. The van der Waals surface area contributed by atoms with Gasteiger partial charge in [-0.05, 0) is 76.3 Å². The minimum Gasteiger partial charge on any atom is -0.496 e. The molecule has 1 aliphatic rings. The zero-order valence-electron chi connectivity index (χ0n) is 33.3. The third-order valence-electron chi connectivity index (χ3n) is 9.37. The van der Waals surface area contributed by atoms with Crippen LogP contribution in [0.1, 0.15) is 52.6 Å². The summed E-state index contributed by atoms with van der Waals surface area (Å²) in [5, 5.41) is 2.87. The number of nitrogens with one attached hydrogen (secondary N) is 1. The molecule has 59 heavy (non-hydrogen) atoms. The van der Waals surface area contributed by atoms with Crippen LogP contribution >= 0.6 is 34.4 Å². The summed E-state index contributed by atoms with van der Waals surface area (Å²) in [6, 6.07) is 17.0. The Kier molecular flexibility index (Phi) is 13.7. The molecule has 0 spiro atoms. The van der Waals surface area contributed by atoms with Crippen molar-refractivity contribution in [2.75, 3.05) is 36.5 Å². The lowest BCUT2D eigenvalue weighted by Crippen LogP contribution is -2.63. The number of thioether (sulfide) groups is 1. The molecule has 0 bridgehead atoms. The fourth-order valence-electron chi connectivity index (χ4n) is 6.73. The number of aryl methyl sites for hydroxylation is 1. The topological polar surface area (TPSA) is 116 Å². The van der Waals surface area contributed by atoms with Crippen molar-refractivity contribution in [2.45, 2.75) is 70.0 Å². The number of anilines is 2.